The van der Waals surface area contributed by atoms with Gasteiger partial charge in [0.05, 0.1) is 0 Å². The summed E-state index contributed by atoms with van der Waals surface area (Å²) in [5.74, 6) is 0. The lowest BCUT2D eigenvalue weighted by Gasteiger charge is -2.06. The molecule has 0 saturated carbocycles. The van der Waals surface area contributed by atoms with Gasteiger partial charge in [-0.1, -0.05) is 19.1 Å². The molecule has 0 aliphatic carbocycles. The molecule has 1 aromatic heterocycles. The Hall–Kier alpha value is -2.63. The van der Waals surface area contributed by atoms with Gasteiger partial charge in [-0.05, 0) is 24.2 Å². The number of nitrogens with zero attached hydrogens (tertiary/aromatic N) is 4. The summed E-state index contributed by atoms with van der Waals surface area (Å²) in [5.41, 5.74) is 2.41. The predicted octanol–water partition coefficient (Wildman–Crippen LogP) is 1.73. The third kappa shape index (κ3) is 2.62. The summed E-state index contributed by atoms with van der Waals surface area (Å²) in [4.78, 5) is 3.92. The number of rotatable bonds is 4. The van der Waals surface area contributed by atoms with Crippen LogP contribution < -0.4 is 5.32 Å². The molecule has 94 valence electrons. The fourth-order valence-corrected chi connectivity index (χ4v) is 1.78. The van der Waals surface area contributed by atoms with E-state index in [1.54, 1.807) is 4.57 Å². The van der Waals surface area contributed by atoms with E-state index in [1.807, 2.05) is 36.4 Å². The second-order valence-corrected chi connectivity index (χ2v) is 3.98. The van der Waals surface area contributed by atoms with E-state index in [-0.39, 0.29) is 11.4 Å². The number of benzene rings is 1. The normalized spacial score (nSPS) is 9.84. The van der Waals surface area contributed by atoms with E-state index >= 15 is 0 Å². The molecule has 2 rings (SSSR count). The van der Waals surface area contributed by atoms with Crippen LogP contribution in [-0.2, 0) is 6.54 Å². The molecule has 1 aromatic carbocycles. The summed E-state index contributed by atoms with van der Waals surface area (Å²) in [6, 6.07) is 11.7. The van der Waals surface area contributed by atoms with Crippen molar-refractivity contribution in [2.75, 3.05) is 6.54 Å². The SMILES string of the molecule is CCNCc1ccc(-n2cnc(C#N)c2C#N)cc1. The Balaban J connectivity index is 2.31. The van der Waals surface area contributed by atoms with E-state index in [9.17, 15) is 0 Å². The summed E-state index contributed by atoms with van der Waals surface area (Å²) >= 11 is 0. The van der Waals surface area contributed by atoms with E-state index < -0.39 is 0 Å². The number of nitrogens with one attached hydrogen (secondary N) is 1. The largest absolute Gasteiger partial charge is 0.313 e. The number of hydrogen-bond acceptors (Lipinski definition) is 4. The van der Waals surface area contributed by atoms with Crippen LogP contribution in [0.4, 0.5) is 0 Å². The van der Waals surface area contributed by atoms with Crippen LogP contribution in [0.5, 0.6) is 0 Å². The lowest BCUT2D eigenvalue weighted by Crippen LogP contribution is -2.11. The molecule has 0 aliphatic rings. The maximum atomic E-state index is 9.08. The van der Waals surface area contributed by atoms with Crippen molar-refractivity contribution in [2.24, 2.45) is 0 Å². The van der Waals surface area contributed by atoms with Gasteiger partial charge in [0.15, 0.2) is 11.4 Å². The predicted molar refractivity (Wildman–Crippen MR) is 70.4 cm³/mol. The van der Waals surface area contributed by atoms with Crippen molar-refractivity contribution in [3.05, 3.63) is 47.5 Å². The third-order valence-electron chi connectivity index (χ3n) is 2.77. The molecule has 0 radical (unpaired) electrons. The maximum Gasteiger partial charge on any atom is 0.177 e. The highest BCUT2D eigenvalue weighted by Gasteiger charge is 2.10. The van der Waals surface area contributed by atoms with Crippen LogP contribution in [0.3, 0.4) is 0 Å². The van der Waals surface area contributed by atoms with Gasteiger partial charge >= 0.3 is 0 Å². The molecular formula is C14H13N5. The lowest BCUT2D eigenvalue weighted by atomic mass is 10.2. The number of nitriles is 2. The van der Waals surface area contributed by atoms with Gasteiger partial charge < -0.3 is 5.32 Å². The van der Waals surface area contributed by atoms with Crippen molar-refractivity contribution in [1.29, 1.82) is 10.5 Å². The van der Waals surface area contributed by atoms with Crippen LogP contribution in [0.15, 0.2) is 30.6 Å². The summed E-state index contributed by atoms with van der Waals surface area (Å²) in [6.07, 6.45) is 1.50. The minimum absolute atomic E-state index is 0.152. The second kappa shape index (κ2) is 5.81. The average Bonchev–Trinajstić information content (AvgIpc) is 2.88. The zero-order chi connectivity index (χ0) is 13.7. The van der Waals surface area contributed by atoms with Crippen molar-refractivity contribution in [3.63, 3.8) is 0 Å². The first-order chi connectivity index (χ1) is 9.30. The smallest absolute Gasteiger partial charge is 0.177 e. The molecule has 19 heavy (non-hydrogen) atoms. The van der Waals surface area contributed by atoms with Gasteiger partial charge in [0, 0.05) is 12.2 Å². The minimum atomic E-state index is 0.152. The van der Waals surface area contributed by atoms with E-state index in [0.717, 1.165) is 18.8 Å². The van der Waals surface area contributed by atoms with Crippen LogP contribution in [0.2, 0.25) is 0 Å². The molecular weight excluding hydrogens is 238 g/mol. The maximum absolute atomic E-state index is 9.08. The Kier molecular flexibility index (Phi) is 3.92. The van der Waals surface area contributed by atoms with Gasteiger partial charge in [-0.15, -0.1) is 0 Å². The standard InChI is InChI=1S/C14H13N5/c1-2-17-9-11-3-5-12(6-4-11)19-10-18-13(7-15)14(19)8-16/h3-6,10,17H,2,9H2,1H3. The van der Waals surface area contributed by atoms with Gasteiger partial charge in [-0.25, -0.2) is 4.98 Å². The van der Waals surface area contributed by atoms with Crippen molar-refractivity contribution in [1.82, 2.24) is 14.9 Å². The van der Waals surface area contributed by atoms with Crippen LogP contribution in [-0.4, -0.2) is 16.1 Å². The molecule has 5 nitrogen and oxygen atoms in total. The quantitative estimate of drug-likeness (QED) is 0.897. The minimum Gasteiger partial charge on any atom is -0.313 e. The lowest BCUT2D eigenvalue weighted by molar-refractivity contribution is 0.726. The highest BCUT2D eigenvalue weighted by Crippen LogP contribution is 2.14. The molecule has 0 spiro atoms. The molecule has 1 heterocycles. The molecule has 0 saturated heterocycles. The van der Waals surface area contributed by atoms with Crippen molar-refractivity contribution >= 4 is 0 Å². The van der Waals surface area contributed by atoms with E-state index in [4.69, 9.17) is 10.5 Å². The van der Waals surface area contributed by atoms with Crippen LogP contribution in [0.1, 0.15) is 23.9 Å². The first-order valence-corrected chi connectivity index (χ1v) is 5.97. The fraction of sp³-hybridized carbons (Fsp3) is 0.214. The highest BCUT2D eigenvalue weighted by atomic mass is 15.1. The summed E-state index contributed by atoms with van der Waals surface area (Å²) in [7, 11) is 0. The number of hydrogen-bond donors (Lipinski definition) is 1. The Bertz CT molecular complexity index is 640. The molecule has 0 atom stereocenters. The molecule has 0 fully saturated rings. The number of aromatic nitrogens is 2. The Morgan fingerprint density at radius 3 is 2.53 bits per heavy atom. The molecule has 2 aromatic rings. The van der Waals surface area contributed by atoms with Crippen molar-refractivity contribution < 1.29 is 0 Å². The van der Waals surface area contributed by atoms with Crippen molar-refractivity contribution in [3.8, 4) is 17.8 Å². The Morgan fingerprint density at radius 2 is 1.95 bits per heavy atom. The van der Waals surface area contributed by atoms with E-state index in [1.165, 1.54) is 11.9 Å². The first-order valence-electron chi connectivity index (χ1n) is 5.97. The highest BCUT2D eigenvalue weighted by molar-refractivity contribution is 5.44. The van der Waals surface area contributed by atoms with Crippen LogP contribution in [0, 0.1) is 22.7 Å². The van der Waals surface area contributed by atoms with Gasteiger partial charge in [-0.3, -0.25) is 4.57 Å². The molecule has 0 unspecified atom stereocenters. The zero-order valence-corrected chi connectivity index (χ0v) is 10.6. The molecule has 5 heteroatoms. The average molecular weight is 251 g/mol. The van der Waals surface area contributed by atoms with Crippen molar-refractivity contribution in [2.45, 2.75) is 13.5 Å². The van der Waals surface area contributed by atoms with Gasteiger partial charge in [0.1, 0.15) is 18.5 Å². The fourth-order valence-electron chi connectivity index (χ4n) is 1.78. The molecule has 1 N–H and O–H groups in total. The summed E-state index contributed by atoms with van der Waals surface area (Å²) in [6.45, 7) is 3.80. The van der Waals surface area contributed by atoms with Crippen LogP contribution >= 0.6 is 0 Å². The van der Waals surface area contributed by atoms with Gasteiger partial charge in [0.25, 0.3) is 0 Å². The topological polar surface area (TPSA) is 77.4 Å². The third-order valence-corrected chi connectivity index (χ3v) is 2.77. The molecule has 0 bridgehead atoms. The molecule has 0 aliphatic heterocycles. The van der Waals surface area contributed by atoms with E-state index in [0.29, 0.717) is 0 Å². The van der Waals surface area contributed by atoms with Gasteiger partial charge in [0.2, 0.25) is 0 Å². The Morgan fingerprint density at radius 1 is 1.21 bits per heavy atom. The zero-order valence-electron chi connectivity index (χ0n) is 10.6. The molecule has 0 amide bonds. The monoisotopic (exact) mass is 251 g/mol. The van der Waals surface area contributed by atoms with Crippen LogP contribution in [0.25, 0.3) is 5.69 Å². The summed E-state index contributed by atoms with van der Waals surface area (Å²) in [5, 5.41) is 21.2. The number of imidazole rings is 1. The second-order valence-electron chi connectivity index (χ2n) is 3.98. The first kappa shape index (κ1) is 12.8. The summed E-state index contributed by atoms with van der Waals surface area (Å²) < 4.78 is 1.62. The van der Waals surface area contributed by atoms with E-state index in [2.05, 4.69) is 17.2 Å². The Labute approximate surface area is 111 Å². The van der Waals surface area contributed by atoms with Gasteiger partial charge in [-0.2, -0.15) is 10.5 Å².